The van der Waals surface area contributed by atoms with E-state index in [0.717, 1.165) is 41.2 Å². The van der Waals surface area contributed by atoms with Crippen LogP contribution in [-0.4, -0.2) is 70.4 Å². The molecule has 2 aromatic carbocycles. The Morgan fingerprint density at radius 1 is 0.981 bits per heavy atom. The van der Waals surface area contributed by atoms with Crippen molar-refractivity contribution in [3.63, 3.8) is 0 Å². The molecule has 1 N–H and O–H groups in total. The summed E-state index contributed by atoms with van der Waals surface area (Å²) in [6, 6.07) is 16.2. The van der Waals surface area contributed by atoms with Crippen LogP contribution in [-0.2, 0) is 10.0 Å². The maximum absolute atomic E-state index is 15.0. The van der Waals surface area contributed by atoms with E-state index >= 15 is 4.79 Å². The molecule has 11 nitrogen and oxygen atoms in total. The summed E-state index contributed by atoms with van der Waals surface area (Å²) in [7, 11) is -2.03. The van der Waals surface area contributed by atoms with Crippen LogP contribution in [0.1, 0.15) is 92.0 Å². The average molecular weight is 734 g/mol. The van der Waals surface area contributed by atoms with Gasteiger partial charge in [-0.05, 0) is 111 Å². The molecule has 10 rings (SSSR count). The molecule has 53 heavy (non-hydrogen) atoms. The number of anilines is 2. The summed E-state index contributed by atoms with van der Waals surface area (Å²) < 4.78 is 36.9. The van der Waals surface area contributed by atoms with Crippen molar-refractivity contribution in [3.8, 4) is 17.1 Å². The van der Waals surface area contributed by atoms with Crippen molar-refractivity contribution in [2.45, 2.75) is 101 Å². The second-order valence-electron chi connectivity index (χ2n) is 16.8. The van der Waals surface area contributed by atoms with Crippen LogP contribution in [0.5, 0.6) is 5.88 Å². The molecule has 1 unspecified atom stereocenters. The smallest absolute Gasteiger partial charge is 0.264 e. The summed E-state index contributed by atoms with van der Waals surface area (Å²) in [5, 5.41) is 0. The molecule has 3 heterocycles. The quantitative estimate of drug-likeness (QED) is 0.215. The van der Waals surface area contributed by atoms with Crippen LogP contribution in [0.25, 0.3) is 11.3 Å². The lowest BCUT2D eigenvalue weighted by molar-refractivity contribution is -0.172. The topological polar surface area (TPSA) is 131 Å². The number of carbonyl (C=O) groups excluding carboxylic acids is 1. The van der Waals surface area contributed by atoms with Gasteiger partial charge in [0.25, 0.3) is 15.9 Å². The third-order valence-electron chi connectivity index (χ3n) is 12.7. The first-order valence-electron chi connectivity index (χ1n) is 19.0. The second-order valence-corrected chi connectivity index (χ2v) is 18.5. The zero-order valence-electron chi connectivity index (χ0n) is 31.0. The Kier molecular flexibility index (Phi) is 7.89. The number of ether oxygens (including phenoxy) is 1. The molecule has 276 valence electrons. The fraction of sp³-hybridized carbons (Fsp3) is 0.488. The Balaban J connectivity index is 1.12. The number of fused-ring (bicyclic) bond motifs is 4. The van der Waals surface area contributed by atoms with Crippen molar-refractivity contribution in [3.05, 3.63) is 83.3 Å². The first-order chi connectivity index (χ1) is 25.3. The van der Waals surface area contributed by atoms with E-state index in [0.29, 0.717) is 35.1 Å². The van der Waals surface area contributed by atoms with E-state index in [2.05, 4.69) is 40.5 Å². The number of nitrogens with zero attached hydrogens (tertiary/aromatic N) is 6. The summed E-state index contributed by atoms with van der Waals surface area (Å²) in [5.74, 6) is 2.21. The van der Waals surface area contributed by atoms with Gasteiger partial charge in [-0.25, -0.2) is 28.1 Å². The van der Waals surface area contributed by atoms with Crippen LogP contribution in [0, 0.1) is 31.1 Å². The van der Waals surface area contributed by atoms with Crippen molar-refractivity contribution >= 4 is 27.7 Å². The van der Waals surface area contributed by atoms with E-state index < -0.39 is 15.6 Å². The summed E-state index contributed by atoms with van der Waals surface area (Å²) >= 11 is 0. The minimum atomic E-state index is -4.17. The van der Waals surface area contributed by atoms with Crippen LogP contribution in [0.4, 0.5) is 11.8 Å². The number of nitrogens with one attached hydrogen (secondary N) is 1. The first kappa shape index (κ1) is 34.2. The van der Waals surface area contributed by atoms with Gasteiger partial charge in [-0.1, -0.05) is 38.1 Å². The molecule has 4 aromatic rings. The van der Waals surface area contributed by atoms with Gasteiger partial charge in [-0.2, -0.15) is 4.98 Å². The Morgan fingerprint density at radius 2 is 1.72 bits per heavy atom. The van der Waals surface area contributed by atoms with Crippen molar-refractivity contribution in [1.82, 2.24) is 24.8 Å². The van der Waals surface area contributed by atoms with Gasteiger partial charge in [-0.15, -0.1) is 0 Å². The normalized spacial score (nSPS) is 26.5. The van der Waals surface area contributed by atoms with Gasteiger partial charge in [0.1, 0.15) is 18.2 Å². The highest BCUT2D eigenvalue weighted by Crippen LogP contribution is 2.70. The molecule has 6 bridgehead atoms. The highest BCUT2D eigenvalue weighted by molar-refractivity contribution is 7.92. The predicted molar refractivity (Wildman–Crippen MR) is 202 cm³/mol. The van der Waals surface area contributed by atoms with Gasteiger partial charge in [0, 0.05) is 42.4 Å². The van der Waals surface area contributed by atoms with E-state index in [9.17, 15) is 8.42 Å². The highest BCUT2D eigenvalue weighted by Gasteiger charge is 2.71. The number of rotatable bonds is 7. The molecule has 1 aliphatic heterocycles. The number of aryl methyl sites for hydroxylation is 2. The van der Waals surface area contributed by atoms with Crippen LogP contribution in [0.2, 0.25) is 0 Å². The number of aromatic nitrogens is 4. The Morgan fingerprint density at radius 3 is 2.40 bits per heavy atom. The SMILES string of the molecule is Cc1cccc(C)c1-c1cc2nc(n1)NS(=O)(=O)c1cccc(c1)C(=O)N(C13CC(C1)C3c1nccc(N(C)C3CC4(CC4)C3)n1)[C@H](CC(C)C)CO2. The summed E-state index contributed by atoms with van der Waals surface area (Å²) in [6.45, 7) is 8.47. The van der Waals surface area contributed by atoms with Crippen molar-refractivity contribution in [1.29, 1.82) is 0 Å². The van der Waals surface area contributed by atoms with E-state index in [-0.39, 0.29) is 47.1 Å². The molecule has 0 radical (unpaired) electrons. The zero-order chi connectivity index (χ0) is 36.9. The van der Waals surface area contributed by atoms with E-state index in [4.69, 9.17) is 14.7 Å². The lowest BCUT2D eigenvalue weighted by Crippen LogP contribution is -2.77. The lowest BCUT2D eigenvalue weighted by Gasteiger charge is -2.72. The van der Waals surface area contributed by atoms with E-state index in [1.165, 1.54) is 37.8 Å². The van der Waals surface area contributed by atoms with Gasteiger partial charge in [0.15, 0.2) is 0 Å². The number of carbonyl (C=O) groups is 1. The average Bonchev–Trinajstić information content (AvgIpc) is 3.88. The molecule has 2 aromatic heterocycles. The Bertz CT molecular complexity index is 2200. The highest BCUT2D eigenvalue weighted by atomic mass is 32.2. The van der Waals surface area contributed by atoms with Crippen molar-refractivity contribution < 1.29 is 17.9 Å². The number of sulfonamides is 1. The molecule has 1 amide bonds. The summed E-state index contributed by atoms with van der Waals surface area (Å²) in [5.41, 5.74) is 3.80. The molecule has 12 heteroatoms. The third-order valence-corrected chi connectivity index (χ3v) is 14.0. The Labute approximate surface area is 311 Å². The largest absolute Gasteiger partial charge is 0.475 e. The molecular formula is C41H47N7O4S. The van der Waals surface area contributed by atoms with Gasteiger partial charge in [0.05, 0.1) is 22.2 Å². The zero-order valence-corrected chi connectivity index (χ0v) is 31.9. The minimum Gasteiger partial charge on any atom is -0.475 e. The van der Waals surface area contributed by atoms with Gasteiger partial charge >= 0.3 is 0 Å². The fourth-order valence-corrected chi connectivity index (χ4v) is 10.6. The van der Waals surface area contributed by atoms with E-state index in [1.807, 2.05) is 49.2 Å². The molecule has 2 atom stereocenters. The molecule has 5 saturated carbocycles. The summed E-state index contributed by atoms with van der Waals surface area (Å²) in [4.78, 5) is 38.5. The molecule has 5 fully saturated rings. The number of amides is 1. The standard InChI is InChI=1S/C41H47N7O4S/c1-24(2)16-29-23-52-34-18-32(35-25(3)8-6-9-26(35)4)43-39(45-34)46-53(50,51)31-11-7-10-27(17-31)38(49)48(29)41-19-28(20-41)36(41)37-42-15-12-33(44-37)47(5)30-21-40(22-30)13-14-40/h6-12,15,17-18,24,28-30,36H,13-14,16,19-23H2,1-5H3,(H,43,45,46)/t28?,29-,36?,41?/m1/s1. The molecule has 0 saturated heterocycles. The predicted octanol–water partition coefficient (Wildman–Crippen LogP) is 6.93. The first-order valence-corrected chi connectivity index (χ1v) is 20.4. The molecule has 5 aliphatic carbocycles. The van der Waals surface area contributed by atoms with Crippen LogP contribution >= 0.6 is 0 Å². The van der Waals surface area contributed by atoms with Crippen molar-refractivity contribution in [2.24, 2.45) is 17.3 Å². The van der Waals surface area contributed by atoms with Gasteiger partial charge < -0.3 is 14.5 Å². The Hall–Kier alpha value is -4.58. The minimum absolute atomic E-state index is 0.0313. The number of hydrogen-bond donors (Lipinski definition) is 1. The third kappa shape index (κ3) is 5.75. The van der Waals surface area contributed by atoms with Crippen LogP contribution in [0.3, 0.4) is 0 Å². The van der Waals surface area contributed by atoms with Crippen molar-refractivity contribution in [2.75, 3.05) is 23.3 Å². The number of hydrogen-bond acceptors (Lipinski definition) is 9. The maximum atomic E-state index is 15.0. The molecule has 1 spiro atoms. The number of benzene rings is 2. The van der Waals surface area contributed by atoms with Crippen LogP contribution < -0.4 is 14.4 Å². The van der Waals surface area contributed by atoms with Crippen LogP contribution in [0.15, 0.2) is 65.7 Å². The lowest BCUT2D eigenvalue weighted by atomic mass is 9.41. The monoisotopic (exact) mass is 733 g/mol. The maximum Gasteiger partial charge on any atom is 0.264 e. The summed E-state index contributed by atoms with van der Waals surface area (Å²) in [6.07, 6.45) is 9.35. The second kappa shape index (κ2) is 12.2. The van der Waals surface area contributed by atoms with Gasteiger partial charge in [-0.3, -0.25) is 4.79 Å². The van der Waals surface area contributed by atoms with E-state index in [1.54, 1.807) is 18.2 Å². The molecular weight excluding hydrogens is 687 g/mol. The van der Waals surface area contributed by atoms with Gasteiger partial charge in [0.2, 0.25) is 11.8 Å². The fourth-order valence-electron chi connectivity index (χ4n) is 9.66. The molecule has 6 aliphatic rings.